The summed E-state index contributed by atoms with van der Waals surface area (Å²) in [6.45, 7) is 0. The van der Waals surface area contributed by atoms with Crippen molar-refractivity contribution in [3.8, 4) is 0 Å². The van der Waals surface area contributed by atoms with E-state index in [-0.39, 0.29) is 0 Å². The molecule has 0 aliphatic heterocycles. The third kappa shape index (κ3) is 1.08. The molecule has 0 heterocycles. The highest BCUT2D eigenvalue weighted by Gasteiger charge is 2.30. The fraction of sp³-hybridized carbons (Fsp3) is 1.00. The van der Waals surface area contributed by atoms with Gasteiger partial charge < -0.3 is 0 Å². The van der Waals surface area contributed by atoms with E-state index in [0.29, 0.717) is 4.75 Å². The second-order valence-electron chi connectivity index (χ2n) is 2.24. The van der Waals surface area contributed by atoms with Crippen LogP contribution < -0.4 is 0 Å². The molecule has 0 radical (unpaired) electrons. The van der Waals surface area contributed by atoms with Gasteiger partial charge in [0.15, 0.2) is 0 Å². The highest BCUT2D eigenvalue weighted by atomic mass is 32.1. The summed E-state index contributed by atoms with van der Waals surface area (Å²) in [5.74, 6) is 0.941. The van der Waals surface area contributed by atoms with Gasteiger partial charge in [0.05, 0.1) is 0 Å². The molecule has 0 bridgehead atoms. The predicted octanol–water partition coefficient (Wildman–Crippen LogP) is 1.77. The van der Waals surface area contributed by atoms with Gasteiger partial charge in [-0.2, -0.15) is 25.3 Å². The van der Waals surface area contributed by atoms with E-state index >= 15 is 0 Å². The van der Waals surface area contributed by atoms with Crippen molar-refractivity contribution in [1.82, 2.24) is 0 Å². The molecule has 7 heavy (non-hydrogen) atoms. The van der Waals surface area contributed by atoms with Gasteiger partial charge in [-0.1, -0.05) is 6.42 Å². The van der Waals surface area contributed by atoms with E-state index in [1.54, 1.807) is 0 Å². The summed E-state index contributed by atoms with van der Waals surface area (Å²) < 4.78 is 0.323. The van der Waals surface area contributed by atoms with Gasteiger partial charge in [-0.15, -0.1) is 0 Å². The maximum Gasteiger partial charge on any atom is 0.0217 e. The van der Waals surface area contributed by atoms with Crippen molar-refractivity contribution in [2.24, 2.45) is 0 Å². The highest BCUT2D eigenvalue weighted by Crippen LogP contribution is 2.38. The number of hydrogen-bond acceptors (Lipinski definition) is 2. The van der Waals surface area contributed by atoms with Crippen LogP contribution in [0.1, 0.15) is 19.3 Å². The minimum Gasteiger partial charge on any atom is -0.178 e. The first-order chi connectivity index (χ1) is 3.27. The lowest BCUT2D eigenvalue weighted by atomic mass is 9.86. The van der Waals surface area contributed by atoms with Crippen LogP contribution in [0.5, 0.6) is 0 Å². The van der Waals surface area contributed by atoms with Crippen LogP contribution in [0.2, 0.25) is 0 Å². The summed E-state index contributed by atoms with van der Waals surface area (Å²) in [7, 11) is 0. The summed E-state index contributed by atoms with van der Waals surface area (Å²) in [5, 5.41) is 0. The van der Waals surface area contributed by atoms with Gasteiger partial charge in [-0.3, -0.25) is 0 Å². The van der Waals surface area contributed by atoms with Gasteiger partial charge in [0.25, 0.3) is 0 Å². The second-order valence-corrected chi connectivity index (χ2v) is 3.50. The molecule has 0 nitrogen and oxygen atoms in total. The summed E-state index contributed by atoms with van der Waals surface area (Å²) in [6.07, 6.45) is 3.88. The molecule has 1 aliphatic carbocycles. The van der Waals surface area contributed by atoms with Crippen LogP contribution >= 0.6 is 25.3 Å². The zero-order valence-corrected chi connectivity index (χ0v) is 6.01. The minimum absolute atomic E-state index is 0.323. The molecule has 1 saturated carbocycles. The average Bonchev–Trinajstić information content (AvgIpc) is 1.61. The van der Waals surface area contributed by atoms with Gasteiger partial charge in [-0.05, 0) is 12.8 Å². The molecule has 0 saturated heterocycles. The number of thiol groups is 2. The number of hydrogen-bond donors (Lipinski definition) is 2. The molecule has 0 spiro atoms. The topological polar surface area (TPSA) is 0 Å². The summed E-state index contributed by atoms with van der Waals surface area (Å²) in [6, 6.07) is 0. The molecule has 42 valence electrons. The molecular formula is C5H10S2. The molecule has 2 heteroatoms. The van der Waals surface area contributed by atoms with Gasteiger partial charge in [0.2, 0.25) is 0 Å². The Hall–Kier alpha value is 0.700. The molecule has 0 atom stereocenters. The monoisotopic (exact) mass is 134 g/mol. The van der Waals surface area contributed by atoms with E-state index in [1.165, 1.54) is 19.3 Å². The molecule has 0 aromatic carbocycles. The smallest absolute Gasteiger partial charge is 0.0217 e. The molecular weight excluding hydrogens is 124 g/mol. The largest absolute Gasteiger partial charge is 0.178 e. The fourth-order valence-corrected chi connectivity index (χ4v) is 1.38. The van der Waals surface area contributed by atoms with Crippen molar-refractivity contribution in [3.05, 3.63) is 0 Å². The standard InChI is InChI=1S/C5H10S2/c6-4-5(7)2-1-3-5/h6-7H,1-4H2. The van der Waals surface area contributed by atoms with Gasteiger partial charge in [0.1, 0.15) is 0 Å². The molecule has 0 amide bonds. The van der Waals surface area contributed by atoms with Crippen LogP contribution in [0.3, 0.4) is 0 Å². The van der Waals surface area contributed by atoms with Crippen molar-refractivity contribution in [2.45, 2.75) is 24.0 Å². The van der Waals surface area contributed by atoms with E-state index in [4.69, 9.17) is 0 Å². The Bertz CT molecular complexity index is 61.0. The molecule has 0 aromatic heterocycles. The van der Waals surface area contributed by atoms with Crippen LogP contribution in [-0.2, 0) is 0 Å². The second kappa shape index (κ2) is 1.90. The molecule has 0 unspecified atom stereocenters. The highest BCUT2D eigenvalue weighted by molar-refractivity contribution is 7.85. The lowest BCUT2D eigenvalue weighted by Gasteiger charge is -2.35. The number of rotatable bonds is 1. The molecule has 1 aliphatic rings. The molecule has 1 fully saturated rings. The Labute approximate surface area is 55.5 Å². The van der Waals surface area contributed by atoms with Crippen molar-refractivity contribution in [1.29, 1.82) is 0 Å². The molecule has 0 aromatic rings. The van der Waals surface area contributed by atoms with Crippen molar-refractivity contribution in [3.63, 3.8) is 0 Å². The Morgan fingerprint density at radius 2 is 2.00 bits per heavy atom. The summed E-state index contributed by atoms with van der Waals surface area (Å²) in [5.41, 5.74) is 0. The zero-order valence-electron chi connectivity index (χ0n) is 4.22. The van der Waals surface area contributed by atoms with Gasteiger partial charge >= 0.3 is 0 Å². The predicted molar refractivity (Wildman–Crippen MR) is 39.4 cm³/mol. The van der Waals surface area contributed by atoms with Gasteiger partial charge in [0, 0.05) is 10.5 Å². The Balaban J connectivity index is 2.29. The van der Waals surface area contributed by atoms with Crippen LogP contribution in [0, 0.1) is 0 Å². The summed E-state index contributed by atoms with van der Waals surface area (Å²) >= 11 is 8.55. The average molecular weight is 134 g/mol. The lowest BCUT2D eigenvalue weighted by molar-refractivity contribution is 0.402. The van der Waals surface area contributed by atoms with Crippen LogP contribution in [0.4, 0.5) is 0 Å². The fourth-order valence-electron chi connectivity index (χ4n) is 0.743. The van der Waals surface area contributed by atoms with E-state index in [2.05, 4.69) is 25.3 Å². The Morgan fingerprint density at radius 3 is 2.00 bits per heavy atom. The van der Waals surface area contributed by atoms with Gasteiger partial charge in [-0.25, -0.2) is 0 Å². The van der Waals surface area contributed by atoms with E-state index < -0.39 is 0 Å². The Morgan fingerprint density at radius 1 is 1.43 bits per heavy atom. The SMILES string of the molecule is SCC1(S)CCC1. The van der Waals surface area contributed by atoms with Crippen molar-refractivity contribution in [2.75, 3.05) is 5.75 Å². The minimum atomic E-state index is 0.323. The van der Waals surface area contributed by atoms with Crippen molar-refractivity contribution >= 4 is 25.3 Å². The summed E-state index contributed by atoms with van der Waals surface area (Å²) in [4.78, 5) is 0. The van der Waals surface area contributed by atoms with Crippen LogP contribution in [-0.4, -0.2) is 10.5 Å². The first kappa shape index (κ1) is 5.83. The van der Waals surface area contributed by atoms with Crippen LogP contribution in [0.25, 0.3) is 0 Å². The zero-order chi connectivity index (χ0) is 5.33. The lowest BCUT2D eigenvalue weighted by Crippen LogP contribution is -2.32. The first-order valence-electron chi connectivity index (χ1n) is 2.60. The Kier molecular flexibility index (Phi) is 1.58. The molecule has 1 rings (SSSR count). The van der Waals surface area contributed by atoms with Crippen molar-refractivity contribution < 1.29 is 0 Å². The molecule has 0 N–H and O–H groups in total. The van der Waals surface area contributed by atoms with E-state index in [0.717, 1.165) is 5.75 Å². The van der Waals surface area contributed by atoms with E-state index in [1.807, 2.05) is 0 Å². The third-order valence-electron chi connectivity index (χ3n) is 1.58. The third-order valence-corrected chi connectivity index (χ3v) is 3.04. The van der Waals surface area contributed by atoms with Crippen LogP contribution in [0.15, 0.2) is 0 Å². The normalized spacial score (nSPS) is 26.6. The first-order valence-corrected chi connectivity index (χ1v) is 3.68. The quantitative estimate of drug-likeness (QED) is 0.502. The maximum absolute atomic E-state index is 4.40. The van der Waals surface area contributed by atoms with E-state index in [9.17, 15) is 0 Å². The maximum atomic E-state index is 4.40.